The molecule has 0 aliphatic heterocycles. The summed E-state index contributed by atoms with van der Waals surface area (Å²) < 4.78 is 26.0. The molecule has 17 heteroatoms. The molecular weight excluding hydrogens is 395 g/mol. The fourth-order valence-corrected chi connectivity index (χ4v) is 0. The first-order valence-corrected chi connectivity index (χ1v) is 6.73. The van der Waals surface area contributed by atoms with Crippen molar-refractivity contribution in [3.05, 3.63) is 0 Å². The van der Waals surface area contributed by atoms with Gasteiger partial charge in [-0.15, -0.1) is 0 Å². The van der Waals surface area contributed by atoms with Crippen LogP contribution in [-0.2, 0) is 47.8 Å². The Hall–Kier alpha value is 1.37. The van der Waals surface area contributed by atoms with Crippen molar-refractivity contribution >= 4 is 23.5 Å². The Balaban J connectivity index is -0.0000000400. The van der Waals surface area contributed by atoms with Crippen molar-refractivity contribution in [2.24, 2.45) is 0 Å². The van der Waals surface area contributed by atoms with Gasteiger partial charge in [0.15, 0.2) is 0 Å². The van der Waals surface area contributed by atoms with Crippen LogP contribution in [0.25, 0.3) is 0 Å². The first-order chi connectivity index (χ1) is 6.00. The Kier molecular flexibility index (Phi) is 22.6. The fraction of sp³-hybridized carbons (Fsp3) is 0. The summed E-state index contributed by atoms with van der Waals surface area (Å²) in [5.41, 5.74) is 0. The zero-order valence-corrected chi connectivity index (χ0v) is 12.2. The molecule has 0 atom stereocenters. The van der Waals surface area contributed by atoms with Crippen LogP contribution in [0.15, 0.2) is 0 Å². The summed E-state index contributed by atoms with van der Waals surface area (Å²) in [5, 5.41) is 0. The molecular formula is H3Mn2O12P3. The van der Waals surface area contributed by atoms with E-state index < -0.39 is 23.5 Å². The molecule has 0 saturated heterocycles. The molecule has 0 aliphatic rings. The molecule has 0 aromatic rings. The van der Waals surface area contributed by atoms with Crippen molar-refractivity contribution in [3.63, 3.8) is 0 Å². The molecule has 17 heavy (non-hydrogen) atoms. The quantitative estimate of drug-likeness (QED) is 0.254. The summed E-state index contributed by atoms with van der Waals surface area (Å²) in [6.45, 7) is 0. The second-order valence-electron chi connectivity index (χ2n) is 1.41. The summed E-state index contributed by atoms with van der Waals surface area (Å²) in [7, 11) is -15.4. The van der Waals surface area contributed by atoms with Gasteiger partial charge in [0.25, 0.3) is 0 Å². The number of hydrogen-bond acceptors (Lipinski definition) is 9. The minimum Gasteiger partial charge on any atom is -0.790 e. The van der Waals surface area contributed by atoms with Gasteiger partial charge in [0.1, 0.15) is 0 Å². The van der Waals surface area contributed by atoms with Gasteiger partial charge in [0.05, 0.1) is 23.5 Å². The Labute approximate surface area is 115 Å². The molecule has 0 aromatic heterocycles. The molecule has 104 valence electrons. The normalized spacial score (nSPS) is 10.4. The fourth-order valence-electron chi connectivity index (χ4n) is 0. The summed E-state index contributed by atoms with van der Waals surface area (Å²) in [5.74, 6) is 0. The van der Waals surface area contributed by atoms with Gasteiger partial charge in [0, 0.05) is 0 Å². The molecule has 0 aliphatic carbocycles. The summed E-state index contributed by atoms with van der Waals surface area (Å²) in [4.78, 5) is 72.9. The average molecular weight is 398 g/mol. The average Bonchev–Trinajstić information content (AvgIpc) is 1.41. The van der Waals surface area contributed by atoms with E-state index in [-0.39, 0.29) is 34.1 Å². The Morgan fingerprint density at radius 1 is 0.529 bits per heavy atom. The van der Waals surface area contributed by atoms with E-state index >= 15 is 0 Å². The molecule has 0 heterocycles. The molecule has 0 rings (SSSR count). The van der Waals surface area contributed by atoms with Gasteiger partial charge in [-0.05, 0) is 0 Å². The third kappa shape index (κ3) is 2190. The van der Waals surface area contributed by atoms with Crippen LogP contribution in [0, 0.1) is 0 Å². The van der Waals surface area contributed by atoms with Crippen LogP contribution in [0.3, 0.4) is 0 Å². The SMILES string of the molecule is O=P([O-])([O-])O.O=P([O-])([O-])O.O=P([O-])([O-])O.[Mn+3].[Mn+3]. The van der Waals surface area contributed by atoms with E-state index in [4.69, 9.17) is 57.7 Å². The van der Waals surface area contributed by atoms with Crippen LogP contribution < -0.4 is 29.4 Å². The smallest absolute Gasteiger partial charge is 0.790 e. The van der Waals surface area contributed by atoms with E-state index in [1.165, 1.54) is 0 Å². The second-order valence-corrected chi connectivity index (χ2v) is 4.22. The van der Waals surface area contributed by atoms with E-state index in [2.05, 4.69) is 0 Å². The molecule has 0 aromatic carbocycles. The van der Waals surface area contributed by atoms with E-state index in [0.29, 0.717) is 0 Å². The Bertz CT molecular complexity index is 206. The van der Waals surface area contributed by atoms with Crippen LogP contribution in [0.1, 0.15) is 0 Å². The van der Waals surface area contributed by atoms with Gasteiger partial charge in [-0.2, -0.15) is 0 Å². The zero-order chi connectivity index (χ0) is 13.5. The topological polar surface area (TPSA) is 250 Å². The van der Waals surface area contributed by atoms with Gasteiger partial charge in [-0.3, -0.25) is 0 Å². The zero-order valence-electron chi connectivity index (χ0n) is 7.11. The standard InChI is InChI=1S/2Mn.3H3O4P/c;;3*1-5(2,3)4/h;;3*(H3,1,2,3,4)/q2*+3;;;/p-6. The molecule has 0 radical (unpaired) electrons. The van der Waals surface area contributed by atoms with Crippen molar-refractivity contribution in [2.75, 3.05) is 0 Å². The predicted molar refractivity (Wildman–Crippen MR) is 29.5 cm³/mol. The number of phosphoric acid groups is 3. The predicted octanol–water partition coefficient (Wildman–Crippen LogP) is -6.58. The molecule has 0 bridgehead atoms. The first kappa shape index (κ1) is 31.0. The van der Waals surface area contributed by atoms with E-state index in [0.717, 1.165) is 0 Å². The van der Waals surface area contributed by atoms with E-state index in [9.17, 15) is 0 Å². The minimum atomic E-state index is -5.14. The van der Waals surface area contributed by atoms with Crippen LogP contribution in [0.5, 0.6) is 0 Å². The van der Waals surface area contributed by atoms with Crippen molar-refractivity contribution in [2.45, 2.75) is 0 Å². The molecule has 0 fully saturated rings. The molecule has 0 amide bonds. The molecule has 12 nitrogen and oxygen atoms in total. The maximum atomic E-state index is 8.66. The van der Waals surface area contributed by atoms with E-state index in [1.54, 1.807) is 0 Å². The van der Waals surface area contributed by atoms with Gasteiger partial charge in [-0.1, -0.05) is 0 Å². The van der Waals surface area contributed by atoms with E-state index in [1.807, 2.05) is 0 Å². The monoisotopic (exact) mass is 398 g/mol. The molecule has 0 spiro atoms. The van der Waals surface area contributed by atoms with Crippen molar-refractivity contribution in [3.8, 4) is 0 Å². The Morgan fingerprint density at radius 2 is 0.529 bits per heavy atom. The maximum Gasteiger partial charge on any atom is 3.00 e. The van der Waals surface area contributed by atoms with Crippen molar-refractivity contribution in [1.82, 2.24) is 0 Å². The van der Waals surface area contributed by atoms with Crippen molar-refractivity contribution in [1.29, 1.82) is 0 Å². The molecule has 3 N–H and O–H groups in total. The number of hydrogen-bond donors (Lipinski definition) is 3. The molecule has 0 saturated carbocycles. The largest absolute Gasteiger partial charge is 3.00 e. The maximum absolute atomic E-state index is 8.66. The Morgan fingerprint density at radius 3 is 0.529 bits per heavy atom. The van der Waals surface area contributed by atoms with Crippen molar-refractivity contribution < 1.29 is 91.9 Å². The molecule has 0 unspecified atom stereocenters. The van der Waals surface area contributed by atoms with Gasteiger partial charge >= 0.3 is 34.1 Å². The first-order valence-electron chi connectivity index (χ1n) is 2.24. The van der Waals surface area contributed by atoms with Crippen LogP contribution in [0.4, 0.5) is 0 Å². The summed E-state index contributed by atoms with van der Waals surface area (Å²) >= 11 is 0. The third-order valence-electron chi connectivity index (χ3n) is 0. The van der Waals surface area contributed by atoms with Gasteiger partial charge < -0.3 is 57.7 Å². The number of rotatable bonds is 0. The van der Waals surface area contributed by atoms with Crippen LogP contribution >= 0.6 is 23.5 Å². The van der Waals surface area contributed by atoms with Gasteiger partial charge in [0.2, 0.25) is 0 Å². The third-order valence-corrected chi connectivity index (χ3v) is 0. The second kappa shape index (κ2) is 12.4. The van der Waals surface area contributed by atoms with Gasteiger partial charge in [-0.25, -0.2) is 0 Å². The van der Waals surface area contributed by atoms with Crippen LogP contribution in [-0.4, -0.2) is 14.7 Å². The van der Waals surface area contributed by atoms with Crippen LogP contribution in [0.2, 0.25) is 0 Å². The minimum absolute atomic E-state index is 0. The summed E-state index contributed by atoms with van der Waals surface area (Å²) in [6.07, 6.45) is 0. The summed E-state index contributed by atoms with van der Waals surface area (Å²) in [6, 6.07) is 0.